The van der Waals surface area contributed by atoms with Crippen LogP contribution in [-0.4, -0.2) is 56.3 Å². The van der Waals surface area contributed by atoms with E-state index in [1.54, 1.807) is 4.90 Å². The van der Waals surface area contributed by atoms with Gasteiger partial charge in [-0.15, -0.1) is 0 Å². The van der Waals surface area contributed by atoms with Crippen molar-refractivity contribution in [1.29, 1.82) is 0 Å². The highest BCUT2D eigenvalue weighted by Crippen LogP contribution is 2.36. The zero-order chi connectivity index (χ0) is 23.1. The summed E-state index contributed by atoms with van der Waals surface area (Å²) in [4.78, 5) is 14.0. The average molecular weight is 489 g/mol. The summed E-state index contributed by atoms with van der Waals surface area (Å²) in [6.45, 7) is 0.523. The Kier molecular flexibility index (Phi) is 6.12. The van der Waals surface area contributed by atoms with Gasteiger partial charge >= 0.3 is 6.18 Å². The van der Waals surface area contributed by atoms with Gasteiger partial charge in [0.1, 0.15) is 12.4 Å². The molecule has 4 rings (SSSR count). The summed E-state index contributed by atoms with van der Waals surface area (Å²) in [6.07, 6.45) is -4.23. The Morgan fingerprint density at radius 2 is 1.75 bits per heavy atom. The maximum absolute atomic E-state index is 13.1. The van der Waals surface area contributed by atoms with Gasteiger partial charge in [-0.05, 0) is 36.2 Å². The van der Waals surface area contributed by atoms with Crippen molar-refractivity contribution in [2.45, 2.75) is 17.5 Å². The Morgan fingerprint density at radius 1 is 1.06 bits per heavy atom. The molecular weight excluding hydrogens is 469 g/mol. The maximum atomic E-state index is 13.1. The minimum absolute atomic E-state index is 0.0117. The monoisotopic (exact) mass is 488 g/mol. The Bertz CT molecular complexity index is 1130. The number of carbonyl (C=O) groups is 1. The molecule has 0 N–H and O–H groups in total. The molecule has 2 aliphatic rings. The van der Waals surface area contributed by atoms with E-state index in [9.17, 15) is 26.4 Å². The molecule has 1 saturated heterocycles. The van der Waals surface area contributed by atoms with Crippen molar-refractivity contribution in [3.05, 3.63) is 58.6 Å². The second-order valence-corrected chi connectivity index (χ2v) is 10.0. The molecule has 1 atom stereocenters. The van der Waals surface area contributed by atoms with Crippen molar-refractivity contribution in [3.63, 3.8) is 0 Å². The van der Waals surface area contributed by atoms with E-state index in [4.69, 9.17) is 16.3 Å². The van der Waals surface area contributed by atoms with Crippen LogP contribution in [0.25, 0.3) is 0 Å². The lowest BCUT2D eigenvalue weighted by molar-refractivity contribution is -0.138. The number of amides is 1. The molecule has 2 aromatic carbocycles. The minimum atomic E-state index is -4.77. The molecule has 1 fully saturated rings. The van der Waals surface area contributed by atoms with E-state index >= 15 is 0 Å². The number of hydrogen-bond donors (Lipinski definition) is 0. The first-order valence-corrected chi connectivity index (χ1v) is 11.8. The molecule has 1 amide bonds. The van der Waals surface area contributed by atoms with Crippen molar-refractivity contribution >= 4 is 27.5 Å². The van der Waals surface area contributed by atoms with Crippen LogP contribution in [0.4, 0.5) is 13.2 Å². The molecule has 0 spiro atoms. The standard InChI is InChI=1S/C21H20ClF3N2O4S/c22-18-6-5-16(12-17(18)21(23,24)25)32(29,30)27-9-7-26(8-10-27)20(28)15-11-14-3-1-2-4-19(14)31-13-15/h1-6,12,15H,7-11,13H2. The SMILES string of the molecule is O=C(C1COc2ccccc2C1)N1CCN(S(=O)(=O)c2ccc(Cl)c(C(F)(F)F)c2)CC1. The number of nitrogens with zero attached hydrogens (tertiary/aromatic N) is 2. The summed E-state index contributed by atoms with van der Waals surface area (Å²) in [5, 5.41) is -0.567. The van der Waals surface area contributed by atoms with Gasteiger partial charge in [0.25, 0.3) is 0 Å². The van der Waals surface area contributed by atoms with E-state index in [1.165, 1.54) is 0 Å². The van der Waals surface area contributed by atoms with Gasteiger partial charge in [-0.2, -0.15) is 17.5 Å². The summed E-state index contributed by atoms with van der Waals surface area (Å²) >= 11 is 5.59. The fraction of sp³-hybridized carbons (Fsp3) is 0.381. The lowest BCUT2D eigenvalue weighted by Gasteiger charge is -2.36. The number of halogens is 4. The predicted octanol–water partition coefficient (Wildman–Crippen LogP) is 3.44. The van der Waals surface area contributed by atoms with Crippen molar-refractivity contribution in [2.75, 3.05) is 32.8 Å². The second-order valence-electron chi connectivity index (χ2n) is 7.69. The smallest absolute Gasteiger partial charge is 0.417 e. The molecule has 6 nitrogen and oxygen atoms in total. The molecule has 0 saturated carbocycles. The molecule has 11 heteroatoms. The molecule has 172 valence electrons. The first-order chi connectivity index (χ1) is 15.1. The van der Waals surface area contributed by atoms with E-state index in [1.807, 2.05) is 24.3 Å². The van der Waals surface area contributed by atoms with Gasteiger partial charge in [0, 0.05) is 26.2 Å². The third-order valence-electron chi connectivity index (χ3n) is 5.66. The number of alkyl halides is 3. The summed E-state index contributed by atoms with van der Waals surface area (Å²) < 4.78 is 71.9. The van der Waals surface area contributed by atoms with Crippen LogP contribution in [0.1, 0.15) is 11.1 Å². The molecule has 0 bridgehead atoms. The van der Waals surface area contributed by atoms with Crippen LogP contribution in [-0.2, 0) is 27.4 Å². The maximum Gasteiger partial charge on any atom is 0.417 e. The molecular formula is C21H20ClF3N2O4S. The van der Waals surface area contributed by atoms with Crippen LogP contribution in [0, 0.1) is 5.92 Å². The Labute approximate surface area is 188 Å². The molecule has 32 heavy (non-hydrogen) atoms. The van der Waals surface area contributed by atoms with Crippen LogP contribution in [0.2, 0.25) is 5.02 Å². The van der Waals surface area contributed by atoms with Crippen molar-refractivity contribution in [2.24, 2.45) is 5.92 Å². The van der Waals surface area contributed by atoms with E-state index in [0.29, 0.717) is 12.5 Å². The van der Waals surface area contributed by atoms with Crippen molar-refractivity contribution in [1.82, 2.24) is 9.21 Å². The van der Waals surface area contributed by atoms with E-state index in [2.05, 4.69) is 0 Å². The molecule has 0 aromatic heterocycles. The highest BCUT2D eigenvalue weighted by molar-refractivity contribution is 7.89. The van der Waals surface area contributed by atoms with Crippen LogP contribution in [0.5, 0.6) is 5.75 Å². The first-order valence-electron chi connectivity index (χ1n) is 9.94. The van der Waals surface area contributed by atoms with Crippen molar-refractivity contribution in [3.8, 4) is 5.75 Å². The van der Waals surface area contributed by atoms with Gasteiger partial charge in [0.15, 0.2) is 0 Å². The number of rotatable bonds is 3. The van der Waals surface area contributed by atoms with E-state index < -0.39 is 31.7 Å². The zero-order valence-corrected chi connectivity index (χ0v) is 18.4. The fourth-order valence-corrected chi connectivity index (χ4v) is 5.60. The number of sulfonamides is 1. The summed E-state index contributed by atoms with van der Waals surface area (Å²) in [7, 11) is -4.16. The zero-order valence-electron chi connectivity index (χ0n) is 16.8. The average Bonchev–Trinajstić information content (AvgIpc) is 2.77. The fourth-order valence-electron chi connectivity index (χ4n) is 3.92. The van der Waals surface area contributed by atoms with Crippen LogP contribution >= 0.6 is 11.6 Å². The van der Waals surface area contributed by atoms with Crippen LogP contribution in [0.3, 0.4) is 0 Å². The summed E-state index contributed by atoms with van der Waals surface area (Å²) in [5.74, 6) is 0.273. The summed E-state index contributed by atoms with van der Waals surface area (Å²) in [5.41, 5.74) is -0.256. The second kappa shape index (κ2) is 8.57. The molecule has 0 radical (unpaired) electrons. The van der Waals surface area contributed by atoms with Crippen LogP contribution < -0.4 is 4.74 Å². The Morgan fingerprint density at radius 3 is 2.44 bits per heavy atom. The highest BCUT2D eigenvalue weighted by Gasteiger charge is 2.37. The molecule has 1 unspecified atom stereocenters. The number of para-hydroxylation sites is 1. The minimum Gasteiger partial charge on any atom is -0.492 e. The number of piperazine rings is 1. The number of fused-ring (bicyclic) bond motifs is 1. The van der Waals surface area contributed by atoms with Gasteiger partial charge in [-0.25, -0.2) is 8.42 Å². The van der Waals surface area contributed by atoms with Gasteiger partial charge in [0.05, 0.1) is 21.4 Å². The number of hydrogen-bond acceptors (Lipinski definition) is 4. The topological polar surface area (TPSA) is 66.9 Å². The summed E-state index contributed by atoms with van der Waals surface area (Å²) in [6, 6.07) is 10.0. The number of ether oxygens (including phenoxy) is 1. The van der Waals surface area contributed by atoms with Gasteiger partial charge in [-0.1, -0.05) is 29.8 Å². The lowest BCUT2D eigenvalue weighted by Crippen LogP contribution is -2.52. The Hall–Kier alpha value is -2.30. The lowest BCUT2D eigenvalue weighted by atomic mass is 9.95. The molecule has 2 aliphatic heterocycles. The van der Waals surface area contributed by atoms with Gasteiger partial charge in [-0.3, -0.25) is 4.79 Å². The molecule has 2 aromatic rings. The third kappa shape index (κ3) is 4.44. The molecule has 0 aliphatic carbocycles. The van der Waals surface area contributed by atoms with Gasteiger partial charge in [0.2, 0.25) is 15.9 Å². The largest absolute Gasteiger partial charge is 0.492 e. The highest BCUT2D eigenvalue weighted by atomic mass is 35.5. The quantitative estimate of drug-likeness (QED) is 0.664. The number of benzene rings is 2. The third-order valence-corrected chi connectivity index (χ3v) is 7.88. The Balaban J connectivity index is 1.43. The van der Waals surface area contributed by atoms with Crippen LogP contribution in [0.15, 0.2) is 47.4 Å². The normalized spacial score (nSPS) is 19.9. The van der Waals surface area contributed by atoms with Gasteiger partial charge < -0.3 is 9.64 Å². The first kappa shape index (κ1) is 22.9. The number of carbonyl (C=O) groups excluding carboxylic acids is 1. The predicted molar refractivity (Wildman–Crippen MR) is 111 cm³/mol. The van der Waals surface area contributed by atoms with Crippen molar-refractivity contribution < 1.29 is 31.1 Å². The molecule has 2 heterocycles. The van der Waals surface area contributed by atoms with E-state index in [0.717, 1.165) is 27.8 Å². The van der Waals surface area contributed by atoms with E-state index in [-0.39, 0.29) is 44.6 Å².